The van der Waals surface area contributed by atoms with Crippen LogP contribution in [0, 0.1) is 47.3 Å². The van der Waals surface area contributed by atoms with E-state index in [9.17, 15) is 19.2 Å². The van der Waals surface area contributed by atoms with Crippen molar-refractivity contribution < 1.29 is 28.7 Å². The topological polar surface area (TPSA) is 86.7 Å². The van der Waals surface area contributed by atoms with E-state index in [1.807, 2.05) is 26.0 Å². The molecular formula is C24H30O6. The molecule has 0 amide bonds. The third-order valence-corrected chi connectivity index (χ3v) is 8.87. The zero-order valence-electron chi connectivity index (χ0n) is 17.7. The van der Waals surface area contributed by atoms with Gasteiger partial charge < -0.3 is 9.47 Å². The van der Waals surface area contributed by atoms with Crippen LogP contribution in [0.3, 0.4) is 0 Å². The van der Waals surface area contributed by atoms with Gasteiger partial charge in [-0.05, 0) is 50.4 Å². The highest BCUT2D eigenvalue weighted by atomic mass is 16.6. The summed E-state index contributed by atoms with van der Waals surface area (Å²) in [5.74, 6) is -1.92. The van der Waals surface area contributed by atoms with Crippen LogP contribution in [0.1, 0.15) is 52.4 Å². The Morgan fingerprint density at radius 3 is 2.40 bits per heavy atom. The third kappa shape index (κ3) is 2.75. The van der Waals surface area contributed by atoms with Crippen LogP contribution >= 0.6 is 0 Å². The molecule has 6 heteroatoms. The lowest BCUT2D eigenvalue weighted by Crippen LogP contribution is -2.40. The van der Waals surface area contributed by atoms with Crippen LogP contribution in [-0.4, -0.2) is 35.7 Å². The van der Waals surface area contributed by atoms with E-state index in [0.717, 1.165) is 32.1 Å². The minimum atomic E-state index is -0.538. The van der Waals surface area contributed by atoms with Crippen LogP contribution in [-0.2, 0) is 28.7 Å². The fourth-order valence-electron chi connectivity index (χ4n) is 7.28. The SMILES string of the molecule is CCC(C)(OC(=O)COC(=O)C1CC2C(=O)C1C1C3C=CC(C3=O)C21)C1CCCC1. The van der Waals surface area contributed by atoms with E-state index in [0.29, 0.717) is 12.3 Å². The monoisotopic (exact) mass is 414 g/mol. The number of allylic oxidation sites excluding steroid dienone is 2. The zero-order chi connectivity index (χ0) is 21.2. The number of ether oxygens (including phenoxy) is 2. The zero-order valence-corrected chi connectivity index (χ0v) is 17.7. The van der Waals surface area contributed by atoms with Crippen molar-refractivity contribution in [3.63, 3.8) is 0 Å². The number of hydrogen-bond donors (Lipinski definition) is 0. The van der Waals surface area contributed by atoms with Gasteiger partial charge in [-0.25, -0.2) is 4.79 Å². The van der Waals surface area contributed by atoms with Crippen molar-refractivity contribution in [3.05, 3.63) is 12.2 Å². The second-order valence-corrected chi connectivity index (χ2v) is 10.1. The van der Waals surface area contributed by atoms with Gasteiger partial charge in [0.15, 0.2) is 6.61 Å². The number of esters is 2. The molecule has 4 saturated carbocycles. The van der Waals surface area contributed by atoms with E-state index < -0.39 is 36.0 Å². The van der Waals surface area contributed by atoms with Gasteiger partial charge >= 0.3 is 11.9 Å². The molecule has 0 spiro atoms. The molecule has 0 aliphatic heterocycles. The summed E-state index contributed by atoms with van der Waals surface area (Å²) in [4.78, 5) is 50.4. The van der Waals surface area contributed by atoms with Gasteiger partial charge in [-0.1, -0.05) is 31.9 Å². The van der Waals surface area contributed by atoms with Crippen molar-refractivity contribution >= 4 is 23.5 Å². The molecule has 4 bridgehead atoms. The molecule has 0 heterocycles. The summed E-state index contributed by atoms with van der Waals surface area (Å²) in [5.41, 5.74) is -0.522. The lowest BCUT2D eigenvalue weighted by molar-refractivity contribution is -0.176. The van der Waals surface area contributed by atoms with Gasteiger partial charge in [-0.15, -0.1) is 0 Å². The third-order valence-electron chi connectivity index (χ3n) is 8.87. The number of ketones is 2. The largest absolute Gasteiger partial charge is 0.457 e. The maximum atomic E-state index is 12.8. The molecule has 8 unspecified atom stereocenters. The van der Waals surface area contributed by atoms with Crippen LogP contribution < -0.4 is 0 Å². The van der Waals surface area contributed by atoms with Crippen LogP contribution in [0.25, 0.3) is 0 Å². The van der Waals surface area contributed by atoms with Crippen LogP contribution in [0.15, 0.2) is 12.2 Å². The Morgan fingerprint density at radius 2 is 1.73 bits per heavy atom. The predicted octanol–water partition coefficient (Wildman–Crippen LogP) is 2.88. The minimum absolute atomic E-state index is 0.0611. The maximum Gasteiger partial charge on any atom is 0.344 e. The number of carbonyl (C=O) groups excluding carboxylic acids is 4. The minimum Gasteiger partial charge on any atom is -0.457 e. The van der Waals surface area contributed by atoms with Crippen LogP contribution in [0.5, 0.6) is 0 Å². The standard InChI is InChI=1S/C24H30O6/c1-3-24(2,12-6-4-5-7-12)30-17(25)11-29-23(28)16-10-15-18-13-8-9-14(21(13)26)19(18)20(16)22(15)27/h8-9,12-16,18-20H,3-7,10-11H2,1-2H3. The van der Waals surface area contributed by atoms with Gasteiger partial charge in [0.1, 0.15) is 17.2 Å². The van der Waals surface area contributed by atoms with Gasteiger partial charge in [-0.2, -0.15) is 0 Å². The normalized spacial score (nSPS) is 40.7. The molecule has 0 aromatic carbocycles. The quantitative estimate of drug-likeness (QED) is 0.377. The Balaban J connectivity index is 1.20. The first-order valence-electron chi connectivity index (χ1n) is 11.5. The molecular weight excluding hydrogens is 384 g/mol. The average Bonchev–Trinajstić information content (AvgIpc) is 3.54. The van der Waals surface area contributed by atoms with Gasteiger partial charge in [0.2, 0.25) is 0 Å². The van der Waals surface area contributed by atoms with Crippen LogP contribution in [0.2, 0.25) is 0 Å². The second-order valence-electron chi connectivity index (χ2n) is 10.1. The molecule has 0 saturated heterocycles. The Bertz CT molecular complexity index is 824. The molecule has 8 atom stereocenters. The molecule has 5 aliphatic rings. The van der Waals surface area contributed by atoms with E-state index in [2.05, 4.69) is 0 Å². The summed E-state index contributed by atoms with van der Waals surface area (Å²) in [5, 5.41) is 0. The van der Waals surface area contributed by atoms with E-state index >= 15 is 0 Å². The first-order chi connectivity index (χ1) is 14.4. The fourth-order valence-corrected chi connectivity index (χ4v) is 7.28. The lowest BCUT2D eigenvalue weighted by Gasteiger charge is -2.34. The summed E-state index contributed by atoms with van der Waals surface area (Å²) in [6.07, 6.45) is 9.46. The van der Waals surface area contributed by atoms with E-state index in [4.69, 9.17) is 9.47 Å². The van der Waals surface area contributed by atoms with Crippen LogP contribution in [0.4, 0.5) is 0 Å². The summed E-state index contributed by atoms with van der Waals surface area (Å²) < 4.78 is 11.1. The number of rotatable bonds is 6. The average molecular weight is 414 g/mol. The molecule has 30 heavy (non-hydrogen) atoms. The van der Waals surface area contributed by atoms with Gasteiger partial charge in [-0.3, -0.25) is 14.4 Å². The number of carbonyl (C=O) groups is 4. The van der Waals surface area contributed by atoms with Crippen molar-refractivity contribution in [1.82, 2.24) is 0 Å². The Kier molecular flexibility index (Phi) is 4.67. The number of hydrogen-bond acceptors (Lipinski definition) is 6. The van der Waals surface area contributed by atoms with Crippen molar-refractivity contribution in [2.24, 2.45) is 47.3 Å². The molecule has 162 valence electrons. The Morgan fingerprint density at radius 1 is 1.07 bits per heavy atom. The maximum absolute atomic E-state index is 12.8. The Hall–Kier alpha value is -1.98. The molecule has 0 aromatic rings. The Labute approximate surface area is 176 Å². The summed E-state index contributed by atoms with van der Waals surface area (Å²) in [6.45, 7) is 3.57. The van der Waals surface area contributed by atoms with E-state index in [1.54, 1.807) is 0 Å². The second kappa shape index (κ2) is 7.03. The summed E-state index contributed by atoms with van der Waals surface area (Å²) in [7, 11) is 0. The predicted molar refractivity (Wildman–Crippen MR) is 106 cm³/mol. The highest BCUT2D eigenvalue weighted by Crippen LogP contribution is 2.64. The van der Waals surface area contributed by atoms with Crippen molar-refractivity contribution in [2.75, 3.05) is 6.61 Å². The summed E-state index contributed by atoms with van der Waals surface area (Å²) >= 11 is 0. The molecule has 4 fully saturated rings. The first kappa shape index (κ1) is 20.0. The lowest BCUT2D eigenvalue weighted by atomic mass is 9.69. The summed E-state index contributed by atoms with van der Waals surface area (Å²) in [6, 6.07) is 0. The van der Waals surface area contributed by atoms with Gasteiger partial charge in [0.25, 0.3) is 0 Å². The van der Waals surface area contributed by atoms with Crippen molar-refractivity contribution in [1.29, 1.82) is 0 Å². The van der Waals surface area contributed by atoms with Crippen molar-refractivity contribution in [3.8, 4) is 0 Å². The number of Topliss-reactive ketones (excluding diaryl/α,β-unsaturated/α-hetero) is 2. The molecule has 5 aliphatic carbocycles. The van der Waals surface area contributed by atoms with Gasteiger partial charge in [0, 0.05) is 23.7 Å². The molecule has 0 aromatic heterocycles. The van der Waals surface area contributed by atoms with Crippen molar-refractivity contribution in [2.45, 2.75) is 58.0 Å². The van der Waals surface area contributed by atoms with E-state index in [-0.39, 0.29) is 41.2 Å². The molecule has 0 radical (unpaired) electrons. The highest BCUT2D eigenvalue weighted by Gasteiger charge is 2.69. The molecule has 0 N–H and O–H groups in total. The molecule has 5 rings (SSSR count). The smallest absolute Gasteiger partial charge is 0.344 e. The molecule has 6 nitrogen and oxygen atoms in total. The fraction of sp³-hybridized carbons (Fsp3) is 0.750. The van der Waals surface area contributed by atoms with E-state index in [1.165, 1.54) is 0 Å². The van der Waals surface area contributed by atoms with Gasteiger partial charge in [0.05, 0.1) is 5.92 Å². The number of fused-ring (bicyclic) bond motifs is 9. The first-order valence-corrected chi connectivity index (χ1v) is 11.5. The highest BCUT2D eigenvalue weighted by molar-refractivity contribution is 6.01.